The average molecular weight is 132 g/mol. The van der Waals surface area contributed by atoms with Crippen molar-refractivity contribution in [3.8, 4) is 0 Å². The molecule has 0 bridgehead atoms. The summed E-state index contributed by atoms with van der Waals surface area (Å²) in [5, 5.41) is 0. The van der Waals surface area contributed by atoms with Crippen LogP contribution in [0.25, 0.3) is 0 Å². The Hall–Kier alpha value is -0.0900. The average Bonchev–Trinajstić information content (AvgIpc) is 1.69. The number of nitrogens with zero attached hydrogens (tertiary/aromatic N) is 2. The van der Waals surface area contributed by atoms with Crippen LogP contribution in [0.4, 0.5) is 0 Å². The predicted molar refractivity (Wildman–Crippen MR) is 36.6 cm³/mol. The number of aliphatic imine (C=N–C) groups is 2. The van der Waals surface area contributed by atoms with Gasteiger partial charge in [0.2, 0.25) is 0 Å². The summed E-state index contributed by atoms with van der Waals surface area (Å²) in [7, 11) is -0.0965. The molecule has 1 rings (SSSR count). The molecule has 0 aromatic heterocycles. The van der Waals surface area contributed by atoms with Crippen LogP contribution in [-0.4, -0.2) is 17.8 Å². The summed E-state index contributed by atoms with van der Waals surface area (Å²) < 4.78 is 0. The predicted octanol–water partition coefficient (Wildman–Crippen LogP) is 0.0943. The van der Waals surface area contributed by atoms with Gasteiger partial charge in [0.25, 0.3) is 0 Å². The molecule has 1 atom stereocenters. The highest BCUT2D eigenvalue weighted by molar-refractivity contribution is 8.36. The molecule has 1 unspecified atom stereocenters. The van der Waals surface area contributed by atoms with Gasteiger partial charge in [-0.2, -0.15) is 0 Å². The zero-order chi connectivity index (χ0) is 5.11. The van der Waals surface area contributed by atoms with Crippen LogP contribution in [0.1, 0.15) is 0 Å². The van der Waals surface area contributed by atoms with Crippen molar-refractivity contribution in [2.75, 3.05) is 5.88 Å². The molecule has 0 saturated heterocycles. The quantitative estimate of drug-likeness (QED) is 0.458. The lowest BCUT2D eigenvalue weighted by Gasteiger charge is -1.93. The first-order chi connectivity index (χ1) is 3.39. The Kier molecular flexibility index (Phi) is 1.64. The minimum atomic E-state index is -0.0965. The summed E-state index contributed by atoms with van der Waals surface area (Å²) in [4.78, 5) is 7.59. The maximum Gasteiger partial charge on any atom is 0.111 e. The van der Waals surface area contributed by atoms with Crippen LogP contribution in [0, 0.1) is 0 Å². The van der Waals surface area contributed by atoms with Gasteiger partial charge in [-0.1, -0.05) is 9.45 Å². The monoisotopic (exact) mass is 132 g/mol. The summed E-state index contributed by atoms with van der Waals surface area (Å²) in [6.07, 6.45) is 1.54. The van der Waals surface area contributed by atoms with Gasteiger partial charge in [0, 0.05) is 0 Å². The molecule has 7 heavy (non-hydrogen) atoms. The van der Waals surface area contributed by atoms with Crippen molar-refractivity contribution in [3.05, 3.63) is 0 Å². The molecular formula is C3H4N2S2. The highest BCUT2D eigenvalue weighted by Gasteiger charge is 1.87. The maximum atomic E-state index is 4.85. The lowest BCUT2D eigenvalue weighted by molar-refractivity contribution is 1.38. The largest absolute Gasteiger partial charge is 0.262 e. The van der Waals surface area contributed by atoms with Crippen molar-refractivity contribution in [2.24, 2.45) is 9.98 Å². The summed E-state index contributed by atoms with van der Waals surface area (Å²) in [6.45, 7) is 0. The molecule has 2 nitrogen and oxygen atoms in total. The van der Waals surface area contributed by atoms with Gasteiger partial charge >= 0.3 is 0 Å². The van der Waals surface area contributed by atoms with Gasteiger partial charge in [-0.25, -0.2) is 4.99 Å². The van der Waals surface area contributed by atoms with Crippen molar-refractivity contribution in [1.82, 2.24) is 0 Å². The lowest BCUT2D eigenvalue weighted by atomic mass is 11.2. The molecule has 0 amide bonds. The fourth-order valence-electron chi connectivity index (χ4n) is 0.282. The third-order valence-electron chi connectivity index (χ3n) is 0.529. The van der Waals surface area contributed by atoms with E-state index in [2.05, 4.69) is 9.98 Å². The van der Waals surface area contributed by atoms with Crippen LogP contribution in [0.5, 0.6) is 0 Å². The van der Waals surface area contributed by atoms with Crippen molar-refractivity contribution in [3.63, 3.8) is 0 Å². The third kappa shape index (κ3) is 1.44. The molecule has 0 radical (unpaired) electrons. The van der Waals surface area contributed by atoms with Gasteiger partial charge in [0.1, 0.15) is 6.34 Å². The summed E-state index contributed by atoms with van der Waals surface area (Å²) in [5.74, 6) is 0.749. The Morgan fingerprint density at radius 3 is 2.86 bits per heavy atom. The Bertz CT molecular complexity index is 138. The van der Waals surface area contributed by atoms with Gasteiger partial charge in [0.05, 0.1) is 11.4 Å². The van der Waals surface area contributed by atoms with E-state index in [1.54, 1.807) is 5.55 Å². The van der Waals surface area contributed by atoms with E-state index in [0.717, 1.165) is 5.88 Å². The molecular weight excluding hydrogens is 128 g/mol. The standard InChI is InChI=1S/C3H4N2S2/c6-7-2-4-1-5-3-7/h1-2H,3H2. The second kappa shape index (κ2) is 2.28. The van der Waals surface area contributed by atoms with E-state index in [4.69, 9.17) is 11.2 Å². The molecule has 4 heteroatoms. The zero-order valence-corrected chi connectivity index (χ0v) is 5.21. The molecule has 0 N–H and O–H groups in total. The van der Waals surface area contributed by atoms with E-state index < -0.39 is 0 Å². The van der Waals surface area contributed by atoms with E-state index in [1.165, 1.54) is 6.34 Å². The summed E-state index contributed by atoms with van der Waals surface area (Å²) in [6, 6.07) is 0. The van der Waals surface area contributed by atoms with Crippen LogP contribution in [0.3, 0.4) is 0 Å². The number of hydrogen-bond donors (Lipinski definition) is 0. The van der Waals surface area contributed by atoms with Crippen LogP contribution >= 0.6 is 0 Å². The molecule has 1 aliphatic heterocycles. The minimum absolute atomic E-state index is 0.0965. The van der Waals surface area contributed by atoms with E-state index in [0.29, 0.717) is 0 Å². The van der Waals surface area contributed by atoms with Crippen LogP contribution in [0.15, 0.2) is 9.98 Å². The summed E-state index contributed by atoms with van der Waals surface area (Å²) in [5.41, 5.74) is 1.75. The Morgan fingerprint density at radius 2 is 2.57 bits per heavy atom. The third-order valence-corrected chi connectivity index (χ3v) is 1.86. The first kappa shape index (κ1) is 5.05. The number of hydrogen-bond acceptors (Lipinski definition) is 3. The van der Waals surface area contributed by atoms with Gasteiger partial charge in [0.15, 0.2) is 0 Å². The van der Waals surface area contributed by atoms with E-state index in [9.17, 15) is 0 Å². The highest BCUT2D eigenvalue weighted by atomic mass is 32.8. The molecule has 1 aliphatic rings. The smallest absolute Gasteiger partial charge is 0.111 e. The first-order valence-corrected chi connectivity index (χ1v) is 4.16. The van der Waals surface area contributed by atoms with Gasteiger partial charge < -0.3 is 0 Å². The maximum absolute atomic E-state index is 4.85. The van der Waals surface area contributed by atoms with E-state index in [1.807, 2.05) is 0 Å². The van der Waals surface area contributed by atoms with Crippen molar-refractivity contribution in [1.29, 1.82) is 0 Å². The van der Waals surface area contributed by atoms with Crippen molar-refractivity contribution >= 4 is 32.5 Å². The fraction of sp³-hybridized carbons (Fsp3) is 0.333. The van der Waals surface area contributed by atoms with Gasteiger partial charge in [-0.05, 0) is 11.2 Å². The molecule has 0 fully saturated rings. The van der Waals surface area contributed by atoms with E-state index in [-0.39, 0.29) is 9.45 Å². The van der Waals surface area contributed by atoms with Crippen LogP contribution < -0.4 is 0 Å². The highest BCUT2D eigenvalue weighted by Crippen LogP contribution is 1.83. The summed E-state index contributed by atoms with van der Waals surface area (Å²) >= 11 is 4.85. The molecule has 0 aromatic carbocycles. The molecule has 0 saturated carbocycles. The SMILES string of the molecule is S=S1C=NC=NC1. The minimum Gasteiger partial charge on any atom is -0.262 e. The molecule has 0 aliphatic carbocycles. The molecule has 0 aromatic rings. The Morgan fingerprint density at radius 1 is 1.71 bits per heavy atom. The van der Waals surface area contributed by atoms with E-state index >= 15 is 0 Å². The lowest BCUT2D eigenvalue weighted by Crippen LogP contribution is -1.97. The van der Waals surface area contributed by atoms with Gasteiger partial charge in [-0.15, -0.1) is 0 Å². The Labute approximate surface area is 49.0 Å². The zero-order valence-electron chi connectivity index (χ0n) is 3.57. The fourth-order valence-corrected chi connectivity index (χ4v) is 1.08. The Balaban J connectivity index is 2.66. The molecule has 38 valence electrons. The van der Waals surface area contributed by atoms with Crippen molar-refractivity contribution < 1.29 is 0 Å². The van der Waals surface area contributed by atoms with Crippen LogP contribution in [-0.2, 0) is 20.6 Å². The second-order valence-electron chi connectivity index (χ2n) is 1.06. The molecule has 0 spiro atoms. The number of rotatable bonds is 0. The van der Waals surface area contributed by atoms with Gasteiger partial charge in [-0.3, -0.25) is 4.99 Å². The topological polar surface area (TPSA) is 24.7 Å². The second-order valence-corrected chi connectivity index (χ2v) is 3.58. The van der Waals surface area contributed by atoms with Crippen molar-refractivity contribution in [2.45, 2.75) is 0 Å². The normalized spacial score (nSPS) is 28.3. The first-order valence-electron chi connectivity index (χ1n) is 1.78. The molecule has 1 heterocycles. The van der Waals surface area contributed by atoms with Crippen LogP contribution in [0.2, 0.25) is 0 Å².